The summed E-state index contributed by atoms with van der Waals surface area (Å²) in [6.45, 7) is 5.18. The Morgan fingerprint density at radius 1 is 1.38 bits per heavy atom. The molecule has 8 nitrogen and oxygen atoms in total. The molecule has 1 aliphatic heterocycles. The van der Waals surface area contributed by atoms with Crippen LogP contribution in [-0.4, -0.2) is 49.8 Å². The van der Waals surface area contributed by atoms with Gasteiger partial charge in [-0.1, -0.05) is 11.3 Å². The normalized spacial score (nSPS) is 17.3. The van der Waals surface area contributed by atoms with E-state index in [-0.39, 0.29) is 17.7 Å². The van der Waals surface area contributed by atoms with Gasteiger partial charge in [0.05, 0.1) is 11.6 Å². The zero-order valence-electron chi connectivity index (χ0n) is 15.4. The number of anilines is 1. The molecule has 0 bridgehead atoms. The Balaban J connectivity index is 1.55. The van der Waals surface area contributed by atoms with Gasteiger partial charge < -0.3 is 10.2 Å². The van der Waals surface area contributed by atoms with Crippen LogP contribution in [0.3, 0.4) is 0 Å². The van der Waals surface area contributed by atoms with Crippen LogP contribution in [0.2, 0.25) is 0 Å². The molecule has 2 aromatic heterocycles. The number of likely N-dealkylation sites (tertiary alicyclic amines) is 1. The average molecular weight is 376 g/mol. The highest BCUT2D eigenvalue weighted by Gasteiger charge is 2.29. The van der Waals surface area contributed by atoms with Gasteiger partial charge in [0, 0.05) is 32.3 Å². The van der Waals surface area contributed by atoms with Crippen LogP contribution in [0.5, 0.6) is 0 Å². The standard InChI is InChI=1S/C17H24N6O2S/c1-11-14(12(2)22(3)21-11)6-7-15(24)23-8-4-5-13(9-23)16(25)19-17-20-18-10-26-17/h10,13H,4-9H2,1-3H3,(H,19,20,25)/t13-/m1/s1. The van der Waals surface area contributed by atoms with Crippen LogP contribution < -0.4 is 5.32 Å². The Labute approximate surface area is 156 Å². The Hall–Kier alpha value is -2.29. The first-order chi connectivity index (χ1) is 12.5. The number of nitrogens with one attached hydrogen (secondary N) is 1. The predicted octanol–water partition coefficient (Wildman–Crippen LogP) is 1.70. The van der Waals surface area contributed by atoms with Gasteiger partial charge >= 0.3 is 0 Å². The molecule has 1 saturated heterocycles. The summed E-state index contributed by atoms with van der Waals surface area (Å²) in [6, 6.07) is 0. The summed E-state index contributed by atoms with van der Waals surface area (Å²) in [7, 11) is 1.92. The first-order valence-corrected chi connectivity index (χ1v) is 9.67. The maximum absolute atomic E-state index is 12.6. The maximum atomic E-state index is 12.6. The number of carbonyl (C=O) groups is 2. The van der Waals surface area contributed by atoms with Gasteiger partial charge in [0.2, 0.25) is 16.9 Å². The van der Waals surface area contributed by atoms with E-state index < -0.39 is 0 Å². The highest BCUT2D eigenvalue weighted by atomic mass is 32.1. The molecule has 3 heterocycles. The number of aryl methyl sites for hydroxylation is 2. The van der Waals surface area contributed by atoms with Crippen LogP contribution in [0.25, 0.3) is 0 Å². The Kier molecular flexibility index (Phi) is 5.65. The molecule has 1 aliphatic rings. The zero-order valence-corrected chi connectivity index (χ0v) is 16.2. The van der Waals surface area contributed by atoms with Crippen molar-refractivity contribution in [1.29, 1.82) is 0 Å². The lowest BCUT2D eigenvalue weighted by Gasteiger charge is -2.32. The number of nitrogens with zero attached hydrogens (tertiary/aromatic N) is 5. The lowest BCUT2D eigenvalue weighted by Crippen LogP contribution is -2.43. The topological polar surface area (TPSA) is 93.0 Å². The van der Waals surface area contributed by atoms with E-state index in [1.807, 2.05) is 30.5 Å². The van der Waals surface area contributed by atoms with Crippen molar-refractivity contribution in [2.75, 3.05) is 18.4 Å². The van der Waals surface area contributed by atoms with Crippen molar-refractivity contribution in [2.45, 2.75) is 39.5 Å². The molecule has 0 aliphatic carbocycles. The van der Waals surface area contributed by atoms with Gasteiger partial charge in [0.25, 0.3) is 0 Å². The lowest BCUT2D eigenvalue weighted by molar-refractivity contribution is -0.134. The molecule has 1 fully saturated rings. The summed E-state index contributed by atoms with van der Waals surface area (Å²) in [6.07, 6.45) is 2.75. The average Bonchev–Trinajstić information content (AvgIpc) is 3.22. The third-order valence-electron chi connectivity index (χ3n) is 4.98. The van der Waals surface area contributed by atoms with E-state index in [9.17, 15) is 9.59 Å². The molecular formula is C17H24N6O2S. The van der Waals surface area contributed by atoms with Gasteiger partial charge in [-0.05, 0) is 38.7 Å². The van der Waals surface area contributed by atoms with E-state index in [2.05, 4.69) is 20.6 Å². The number of hydrogen-bond acceptors (Lipinski definition) is 6. The highest BCUT2D eigenvalue weighted by Crippen LogP contribution is 2.21. The Bertz CT molecular complexity index is 786. The van der Waals surface area contributed by atoms with Crippen molar-refractivity contribution >= 4 is 28.3 Å². The molecule has 2 aromatic rings. The third kappa shape index (κ3) is 4.09. The van der Waals surface area contributed by atoms with E-state index in [1.54, 1.807) is 5.51 Å². The van der Waals surface area contributed by atoms with Crippen LogP contribution >= 0.6 is 11.3 Å². The number of rotatable bonds is 5. The van der Waals surface area contributed by atoms with E-state index in [0.29, 0.717) is 31.1 Å². The molecule has 0 spiro atoms. The number of amides is 2. The first-order valence-electron chi connectivity index (χ1n) is 8.79. The first kappa shape index (κ1) is 18.5. The zero-order chi connectivity index (χ0) is 18.7. The summed E-state index contributed by atoms with van der Waals surface area (Å²) in [4.78, 5) is 26.8. The molecule has 0 saturated carbocycles. The quantitative estimate of drug-likeness (QED) is 0.857. The van der Waals surface area contributed by atoms with Crippen LogP contribution in [0.1, 0.15) is 36.2 Å². The second-order valence-corrected chi connectivity index (χ2v) is 7.52. The molecule has 26 heavy (non-hydrogen) atoms. The molecular weight excluding hydrogens is 352 g/mol. The van der Waals surface area contributed by atoms with Gasteiger partial charge in [-0.25, -0.2) is 0 Å². The molecule has 0 unspecified atom stereocenters. The van der Waals surface area contributed by atoms with E-state index >= 15 is 0 Å². The summed E-state index contributed by atoms with van der Waals surface area (Å²) < 4.78 is 1.85. The van der Waals surface area contributed by atoms with Crippen LogP contribution in [-0.2, 0) is 23.1 Å². The Morgan fingerprint density at radius 3 is 2.85 bits per heavy atom. The van der Waals surface area contributed by atoms with Crippen molar-refractivity contribution in [3.63, 3.8) is 0 Å². The highest BCUT2D eigenvalue weighted by molar-refractivity contribution is 7.13. The summed E-state index contributed by atoms with van der Waals surface area (Å²) >= 11 is 1.29. The minimum Gasteiger partial charge on any atom is -0.342 e. The summed E-state index contributed by atoms with van der Waals surface area (Å²) in [5.41, 5.74) is 4.80. The fourth-order valence-corrected chi connectivity index (χ4v) is 3.87. The van der Waals surface area contributed by atoms with Crippen LogP contribution in [0.15, 0.2) is 5.51 Å². The largest absolute Gasteiger partial charge is 0.342 e. The monoisotopic (exact) mass is 376 g/mol. The third-order valence-corrected chi connectivity index (χ3v) is 5.59. The minimum atomic E-state index is -0.196. The molecule has 3 rings (SSSR count). The second-order valence-electron chi connectivity index (χ2n) is 6.69. The van der Waals surface area contributed by atoms with E-state index in [1.165, 1.54) is 11.3 Å². The van der Waals surface area contributed by atoms with Gasteiger partial charge in [-0.3, -0.25) is 14.3 Å². The number of hydrogen-bond donors (Lipinski definition) is 1. The van der Waals surface area contributed by atoms with Gasteiger partial charge in [0.15, 0.2) is 0 Å². The van der Waals surface area contributed by atoms with Crippen molar-refractivity contribution in [3.8, 4) is 0 Å². The number of aromatic nitrogens is 4. The molecule has 0 radical (unpaired) electrons. The molecule has 2 amide bonds. The smallest absolute Gasteiger partial charge is 0.231 e. The maximum Gasteiger partial charge on any atom is 0.231 e. The van der Waals surface area contributed by atoms with Crippen molar-refractivity contribution < 1.29 is 9.59 Å². The summed E-state index contributed by atoms with van der Waals surface area (Å²) in [5, 5.41) is 15.2. The molecule has 1 N–H and O–H groups in total. The SMILES string of the molecule is Cc1nn(C)c(C)c1CCC(=O)N1CCC[C@@H](C(=O)Nc2nncs2)C1. The fourth-order valence-electron chi connectivity index (χ4n) is 3.42. The number of carbonyl (C=O) groups excluding carboxylic acids is 2. The van der Waals surface area contributed by atoms with E-state index in [4.69, 9.17) is 0 Å². The van der Waals surface area contributed by atoms with Crippen molar-refractivity contribution in [1.82, 2.24) is 24.9 Å². The lowest BCUT2D eigenvalue weighted by atomic mass is 9.96. The van der Waals surface area contributed by atoms with Crippen molar-refractivity contribution in [3.05, 3.63) is 22.5 Å². The van der Waals surface area contributed by atoms with E-state index in [0.717, 1.165) is 29.8 Å². The van der Waals surface area contributed by atoms with Gasteiger partial charge in [-0.15, -0.1) is 10.2 Å². The van der Waals surface area contributed by atoms with Crippen molar-refractivity contribution in [2.24, 2.45) is 13.0 Å². The fraction of sp³-hybridized carbons (Fsp3) is 0.588. The molecule has 140 valence electrons. The molecule has 1 atom stereocenters. The van der Waals surface area contributed by atoms with Gasteiger partial charge in [-0.2, -0.15) is 5.10 Å². The van der Waals surface area contributed by atoms with Gasteiger partial charge in [0.1, 0.15) is 5.51 Å². The summed E-state index contributed by atoms with van der Waals surface area (Å²) in [5.74, 6) is -0.183. The Morgan fingerprint density at radius 2 is 2.19 bits per heavy atom. The number of piperidine rings is 1. The molecule has 0 aromatic carbocycles. The van der Waals surface area contributed by atoms with Crippen LogP contribution in [0, 0.1) is 19.8 Å². The predicted molar refractivity (Wildman–Crippen MR) is 98.8 cm³/mol. The van der Waals surface area contributed by atoms with Crippen LogP contribution in [0.4, 0.5) is 5.13 Å². The second kappa shape index (κ2) is 7.94. The molecule has 9 heteroatoms. The minimum absolute atomic E-state index is 0.0850.